The Hall–Kier alpha value is -3.78. The maximum absolute atomic E-state index is 12.9. The molecular weight excluding hydrogens is 452 g/mol. The number of amides is 2. The molecule has 36 heavy (non-hydrogen) atoms. The molecular formula is C28H34N6O2. The van der Waals surface area contributed by atoms with E-state index in [9.17, 15) is 9.59 Å². The summed E-state index contributed by atoms with van der Waals surface area (Å²) in [5.41, 5.74) is 2.24. The van der Waals surface area contributed by atoms with Crippen LogP contribution in [0.15, 0.2) is 66.7 Å². The fourth-order valence-electron chi connectivity index (χ4n) is 4.43. The van der Waals surface area contributed by atoms with E-state index in [0.29, 0.717) is 43.0 Å². The van der Waals surface area contributed by atoms with E-state index in [1.807, 2.05) is 30.3 Å². The highest BCUT2D eigenvalue weighted by Crippen LogP contribution is 2.22. The van der Waals surface area contributed by atoms with E-state index in [4.69, 9.17) is 0 Å². The van der Waals surface area contributed by atoms with E-state index >= 15 is 0 Å². The van der Waals surface area contributed by atoms with Crippen LogP contribution in [0, 0.1) is 5.92 Å². The first-order valence-corrected chi connectivity index (χ1v) is 12.5. The zero-order chi connectivity index (χ0) is 25.2. The first-order valence-electron chi connectivity index (χ1n) is 12.5. The van der Waals surface area contributed by atoms with Crippen LogP contribution in [0.4, 0.5) is 11.6 Å². The van der Waals surface area contributed by atoms with Crippen LogP contribution in [0.3, 0.4) is 0 Å². The Labute approximate surface area is 212 Å². The molecule has 0 radical (unpaired) electrons. The van der Waals surface area contributed by atoms with Crippen molar-refractivity contribution in [1.82, 2.24) is 20.2 Å². The molecule has 2 aromatic carbocycles. The summed E-state index contributed by atoms with van der Waals surface area (Å²) in [6.07, 6.45) is 3.29. The number of aromatic nitrogens is 2. The summed E-state index contributed by atoms with van der Waals surface area (Å²) in [6.45, 7) is 4.64. The summed E-state index contributed by atoms with van der Waals surface area (Å²) in [4.78, 5) is 35.4. The van der Waals surface area contributed by atoms with Crippen LogP contribution in [0.1, 0.15) is 25.3 Å². The standard InChI is InChI=1S/C28H34N6O2/c1-21(35)29-14-15-30-25-19-26(33-28(32-25)24-10-6-3-7-11-24)31-27(36)20-34-16-12-23(13-17-34)18-22-8-4-2-5-9-22/h2-11,19,23H,12-18,20H2,1H3,(H,29,35)(H2,30,31,32,33,36). The summed E-state index contributed by atoms with van der Waals surface area (Å²) in [5.74, 6) is 2.06. The third-order valence-corrected chi connectivity index (χ3v) is 6.27. The van der Waals surface area contributed by atoms with Crippen molar-refractivity contribution in [1.29, 1.82) is 0 Å². The second kappa shape index (κ2) is 12.8. The Morgan fingerprint density at radius 1 is 0.917 bits per heavy atom. The normalized spacial score (nSPS) is 14.2. The predicted octanol–water partition coefficient (Wildman–Crippen LogP) is 3.58. The number of nitrogens with one attached hydrogen (secondary N) is 3. The lowest BCUT2D eigenvalue weighted by Gasteiger charge is -2.31. The molecule has 1 aromatic heterocycles. The molecule has 0 saturated carbocycles. The summed E-state index contributed by atoms with van der Waals surface area (Å²) in [5, 5.41) is 8.91. The quantitative estimate of drug-likeness (QED) is 0.379. The Bertz CT molecular complexity index is 1130. The summed E-state index contributed by atoms with van der Waals surface area (Å²) < 4.78 is 0. The molecule has 0 atom stereocenters. The topological polar surface area (TPSA) is 99.2 Å². The molecule has 8 heteroatoms. The minimum atomic E-state index is -0.0848. The van der Waals surface area contributed by atoms with Gasteiger partial charge in [0.1, 0.15) is 11.6 Å². The third kappa shape index (κ3) is 7.88. The maximum Gasteiger partial charge on any atom is 0.239 e. The third-order valence-electron chi connectivity index (χ3n) is 6.27. The van der Waals surface area contributed by atoms with Crippen LogP contribution < -0.4 is 16.0 Å². The molecule has 0 spiro atoms. The van der Waals surface area contributed by atoms with Crippen LogP contribution in [-0.4, -0.2) is 59.4 Å². The lowest BCUT2D eigenvalue weighted by Crippen LogP contribution is -2.39. The second-order valence-electron chi connectivity index (χ2n) is 9.20. The number of anilines is 2. The van der Waals surface area contributed by atoms with Crippen molar-refractivity contribution in [3.05, 3.63) is 72.3 Å². The van der Waals surface area contributed by atoms with Crippen molar-refractivity contribution in [2.24, 2.45) is 5.92 Å². The molecule has 2 heterocycles. The Morgan fingerprint density at radius 2 is 1.58 bits per heavy atom. The number of rotatable bonds is 10. The molecule has 0 bridgehead atoms. The number of hydrogen-bond acceptors (Lipinski definition) is 6. The Balaban J connectivity index is 1.34. The molecule has 1 aliphatic rings. The summed E-state index contributed by atoms with van der Waals surface area (Å²) in [6, 6.07) is 22.0. The first kappa shape index (κ1) is 25.3. The average Bonchev–Trinajstić information content (AvgIpc) is 2.89. The maximum atomic E-state index is 12.9. The van der Waals surface area contributed by atoms with Crippen LogP contribution in [0.25, 0.3) is 11.4 Å². The molecule has 2 amide bonds. The largest absolute Gasteiger partial charge is 0.368 e. The van der Waals surface area contributed by atoms with Gasteiger partial charge in [0.05, 0.1) is 6.54 Å². The van der Waals surface area contributed by atoms with Gasteiger partial charge < -0.3 is 16.0 Å². The molecule has 4 rings (SSSR count). The number of likely N-dealkylation sites (tertiary alicyclic amines) is 1. The smallest absolute Gasteiger partial charge is 0.239 e. The highest BCUT2D eigenvalue weighted by Gasteiger charge is 2.21. The van der Waals surface area contributed by atoms with Gasteiger partial charge >= 0.3 is 0 Å². The summed E-state index contributed by atoms with van der Waals surface area (Å²) >= 11 is 0. The van der Waals surface area contributed by atoms with Crippen molar-refractivity contribution in [3.63, 3.8) is 0 Å². The number of benzene rings is 2. The van der Waals surface area contributed by atoms with E-state index in [-0.39, 0.29) is 11.8 Å². The van der Waals surface area contributed by atoms with Crippen molar-refractivity contribution in [2.75, 3.05) is 43.4 Å². The molecule has 1 saturated heterocycles. The van der Waals surface area contributed by atoms with Gasteiger partial charge in [0.2, 0.25) is 11.8 Å². The van der Waals surface area contributed by atoms with Gasteiger partial charge in [0.25, 0.3) is 0 Å². The van der Waals surface area contributed by atoms with Gasteiger partial charge in [-0.2, -0.15) is 0 Å². The zero-order valence-electron chi connectivity index (χ0n) is 20.7. The predicted molar refractivity (Wildman–Crippen MR) is 143 cm³/mol. The highest BCUT2D eigenvalue weighted by atomic mass is 16.2. The molecule has 3 N–H and O–H groups in total. The zero-order valence-corrected chi connectivity index (χ0v) is 20.7. The van der Waals surface area contributed by atoms with Crippen LogP contribution in [-0.2, 0) is 16.0 Å². The van der Waals surface area contributed by atoms with Gasteiger partial charge in [-0.1, -0.05) is 60.7 Å². The van der Waals surface area contributed by atoms with Gasteiger partial charge in [0.15, 0.2) is 5.82 Å². The second-order valence-corrected chi connectivity index (χ2v) is 9.20. The molecule has 0 unspecified atom stereocenters. The molecule has 8 nitrogen and oxygen atoms in total. The van der Waals surface area contributed by atoms with Gasteiger partial charge in [-0.3, -0.25) is 14.5 Å². The van der Waals surface area contributed by atoms with E-state index in [1.54, 1.807) is 6.07 Å². The number of nitrogens with zero attached hydrogens (tertiary/aromatic N) is 3. The summed E-state index contributed by atoms with van der Waals surface area (Å²) in [7, 11) is 0. The minimum absolute atomic E-state index is 0.0819. The molecule has 1 aliphatic heterocycles. The lowest BCUT2D eigenvalue weighted by atomic mass is 9.90. The number of piperidine rings is 1. The van der Waals surface area contributed by atoms with E-state index in [2.05, 4.69) is 61.2 Å². The van der Waals surface area contributed by atoms with E-state index in [0.717, 1.165) is 37.9 Å². The van der Waals surface area contributed by atoms with Crippen molar-refractivity contribution >= 4 is 23.5 Å². The Morgan fingerprint density at radius 3 is 2.28 bits per heavy atom. The van der Waals surface area contributed by atoms with E-state index in [1.165, 1.54) is 12.5 Å². The first-order chi connectivity index (χ1) is 17.5. The van der Waals surface area contributed by atoms with Gasteiger partial charge in [-0.25, -0.2) is 9.97 Å². The molecule has 1 fully saturated rings. The lowest BCUT2D eigenvalue weighted by molar-refractivity contribution is -0.119. The highest BCUT2D eigenvalue weighted by molar-refractivity contribution is 5.92. The minimum Gasteiger partial charge on any atom is -0.368 e. The Kier molecular flexibility index (Phi) is 8.99. The number of carbonyl (C=O) groups excluding carboxylic acids is 2. The van der Waals surface area contributed by atoms with Crippen LogP contribution >= 0.6 is 0 Å². The molecule has 0 aliphatic carbocycles. The number of hydrogen-bond donors (Lipinski definition) is 3. The van der Waals surface area contributed by atoms with Gasteiger partial charge in [-0.05, 0) is 43.8 Å². The van der Waals surface area contributed by atoms with Crippen molar-refractivity contribution in [3.8, 4) is 11.4 Å². The molecule has 188 valence electrons. The van der Waals surface area contributed by atoms with Crippen LogP contribution in [0.2, 0.25) is 0 Å². The van der Waals surface area contributed by atoms with Gasteiger partial charge in [0, 0.05) is 31.6 Å². The number of carbonyl (C=O) groups is 2. The van der Waals surface area contributed by atoms with Gasteiger partial charge in [-0.15, -0.1) is 0 Å². The van der Waals surface area contributed by atoms with Crippen LogP contribution in [0.5, 0.6) is 0 Å². The fourth-order valence-corrected chi connectivity index (χ4v) is 4.43. The van der Waals surface area contributed by atoms with Crippen molar-refractivity contribution in [2.45, 2.75) is 26.2 Å². The average molecular weight is 487 g/mol. The monoisotopic (exact) mass is 486 g/mol. The molecule has 3 aromatic rings. The fraction of sp³-hybridized carbons (Fsp3) is 0.357. The van der Waals surface area contributed by atoms with E-state index < -0.39 is 0 Å². The van der Waals surface area contributed by atoms with Crippen molar-refractivity contribution < 1.29 is 9.59 Å². The SMILES string of the molecule is CC(=O)NCCNc1cc(NC(=O)CN2CCC(Cc3ccccc3)CC2)nc(-c2ccccc2)n1.